The molecule has 1 fully saturated rings. The molecular weight excluding hydrogens is 382 g/mol. The van der Waals surface area contributed by atoms with Gasteiger partial charge in [-0.1, -0.05) is 6.92 Å². The van der Waals surface area contributed by atoms with Gasteiger partial charge in [0, 0.05) is 50.3 Å². The van der Waals surface area contributed by atoms with Gasteiger partial charge in [-0.15, -0.1) is 0 Å². The molecule has 0 aliphatic carbocycles. The van der Waals surface area contributed by atoms with Crippen LogP contribution >= 0.6 is 0 Å². The highest BCUT2D eigenvalue weighted by atomic mass is 32.2. The fraction of sp³-hybridized carbons (Fsp3) is 0.444. The number of fused-ring (bicyclic) bond motifs is 1. The van der Waals surface area contributed by atoms with E-state index < -0.39 is 10.0 Å². The quantitative estimate of drug-likeness (QED) is 0.775. The summed E-state index contributed by atoms with van der Waals surface area (Å²) in [5, 5.41) is 0. The van der Waals surface area contributed by atoms with Crippen LogP contribution in [-0.2, 0) is 10.0 Å². The number of anilines is 3. The minimum absolute atomic E-state index is 0.0565. The lowest BCUT2D eigenvalue weighted by Crippen LogP contribution is -2.47. The van der Waals surface area contributed by atoms with Crippen LogP contribution in [0, 0.1) is 0 Å². The third-order valence-electron chi connectivity index (χ3n) is 4.70. The van der Waals surface area contributed by atoms with Crippen molar-refractivity contribution in [2.24, 2.45) is 0 Å². The van der Waals surface area contributed by atoms with Crippen molar-refractivity contribution in [2.45, 2.75) is 13.3 Å². The molecule has 0 amide bonds. The molecule has 0 atom stereocenters. The zero-order chi connectivity index (χ0) is 19.6. The first-order chi connectivity index (χ1) is 13.6. The highest BCUT2D eigenvalue weighted by molar-refractivity contribution is 7.92. The van der Waals surface area contributed by atoms with E-state index in [1.165, 1.54) is 6.20 Å². The molecule has 4 rings (SSSR count). The van der Waals surface area contributed by atoms with Crippen LogP contribution in [0.25, 0.3) is 0 Å². The SMILES string of the molecule is CCCS(=O)(=O)Nc1nccnc1N1CCN(c2ccc3c(c2)OCO3)CC1. The highest BCUT2D eigenvalue weighted by Crippen LogP contribution is 2.36. The largest absolute Gasteiger partial charge is 0.454 e. The molecule has 2 aliphatic rings. The zero-order valence-corrected chi connectivity index (χ0v) is 16.5. The lowest BCUT2D eigenvalue weighted by molar-refractivity contribution is 0.174. The van der Waals surface area contributed by atoms with E-state index >= 15 is 0 Å². The second-order valence-corrected chi connectivity index (χ2v) is 8.50. The second-order valence-electron chi connectivity index (χ2n) is 6.66. The van der Waals surface area contributed by atoms with Gasteiger partial charge in [0.2, 0.25) is 16.8 Å². The number of rotatable bonds is 6. The Morgan fingerprint density at radius 3 is 2.54 bits per heavy atom. The highest BCUT2D eigenvalue weighted by Gasteiger charge is 2.24. The van der Waals surface area contributed by atoms with Gasteiger partial charge in [0.15, 0.2) is 23.1 Å². The number of hydrogen-bond donors (Lipinski definition) is 1. The topological polar surface area (TPSA) is 96.9 Å². The van der Waals surface area contributed by atoms with E-state index in [-0.39, 0.29) is 18.4 Å². The summed E-state index contributed by atoms with van der Waals surface area (Å²) < 4.78 is 37.7. The van der Waals surface area contributed by atoms with E-state index in [0.29, 0.717) is 25.3 Å². The molecule has 0 spiro atoms. The first kappa shape index (κ1) is 18.6. The van der Waals surface area contributed by atoms with Crippen LogP contribution < -0.4 is 24.0 Å². The van der Waals surface area contributed by atoms with Gasteiger partial charge < -0.3 is 19.3 Å². The van der Waals surface area contributed by atoms with Gasteiger partial charge in [0.25, 0.3) is 0 Å². The smallest absolute Gasteiger partial charge is 0.233 e. The van der Waals surface area contributed by atoms with Crippen LogP contribution in [-0.4, -0.2) is 57.1 Å². The monoisotopic (exact) mass is 405 g/mol. The molecule has 1 aromatic heterocycles. The van der Waals surface area contributed by atoms with Crippen molar-refractivity contribution in [3.63, 3.8) is 0 Å². The molecular formula is C18H23N5O4S. The van der Waals surface area contributed by atoms with Crippen molar-refractivity contribution in [1.29, 1.82) is 0 Å². The molecule has 3 heterocycles. The van der Waals surface area contributed by atoms with Crippen LogP contribution in [0.15, 0.2) is 30.6 Å². The van der Waals surface area contributed by atoms with Gasteiger partial charge in [0.05, 0.1) is 5.75 Å². The van der Waals surface area contributed by atoms with Crippen LogP contribution in [0.5, 0.6) is 11.5 Å². The van der Waals surface area contributed by atoms with Gasteiger partial charge >= 0.3 is 0 Å². The Kier molecular flexibility index (Phi) is 5.12. The van der Waals surface area contributed by atoms with E-state index in [0.717, 1.165) is 30.3 Å². The van der Waals surface area contributed by atoms with Gasteiger partial charge in [0.1, 0.15) is 0 Å². The third kappa shape index (κ3) is 3.91. The molecule has 0 radical (unpaired) electrons. The van der Waals surface area contributed by atoms with Crippen LogP contribution in [0.3, 0.4) is 0 Å². The number of aromatic nitrogens is 2. The molecule has 2 aromatic rings. The summed E-state index contributed by atoms with van der Waals surface area (Å²) in [6, 6.07) is 5.94. The third-order valence-corrected chi connectivity index (χ3v) is 6.15. The van der Waals surface area contributed by atoms with Crippen LogP contribution in [0.2, 0.25) is 0 Å². The van der Waals surface area contributed by atoms with Crippen molar-refractivity contribution >= 4 is 27.3 Å². The minimum Gasteiger partial charge on any atom is -0.454 e. The summed E-state index contributed by atoms with van der Waals surface area (Å²) in [6.45, 7) is 5.04. The summed E-state index contributed by atoms with van der Waals surface area (Å²) in [5.41, 5.74) is 1.08. The fourth-order valence-corrected chi connectivity index (χ4v) is 4.44. The van der Waals surface area contributed by atoms with Gasteiger partial charge in [-0.05, 0) is 18.6 Å². The van der Waals surface area contributed by atoms with Gasteiger partial charge in [-0.3, -0.25) is 4.72 Å². The molecule has 10 heteroatoms. The molecule has 1 N–H and O–H groups in total. The molecule has 28 heavy (non-hydrogen) atoms. The molecule has 0 unspecified atom stereocenters. The molecule has 1 saturated heterocycles. The van der Waals surface area contributed by atoms with E-state index in [9.17, 15) is 8.42 Å². The number of nitrogens with zero attached hydrogens (tertiary/aromatic N) is 4. The molecule has 0 saturated carbocycles. The molecule has 0 bridgehead atoms. The Morgan fingerprint density at radius 2 is 1.75 bits per heavy atom. The Morgan fingerprint density at radius 1 is 1.04 bits per heavy atom. The van der Waals surface area contributed by atoms with Crippen molar-refractivity contribution in [3.05, 3.63) is 30.6 Å². The Bertz CT molecular complexity index is 945. The standard InChI is InChI=1S/C18H23N5O4S/c1-2-11-28(24,25)21-17-18(20-6-5-19-17)23-9-7-22(8-10-23)14-3-4-15-16(12-14)27-13-26-15/h3-6,12H,2,7-11,13H2,1H3,(H,19,21). The maximum Gasteiger partial charge on any atom is 0.233 e. The molecule has 9 nitrogen and oxygen atoms in total. The molecule has 2 aliphatic heterocycles. The molecule has 1 aromatic carbocycles. The van der Waals surface area contributed by atoms with Crippen molar-refractivity contribution in [2.75, 3.05) is 53.2 Å². The minimum atomic E-state index is -3.42. The predicted octanol–water partition coefficient (Wildman–Crippen LogP) is 1.68. The number of piperazine rings is 1. The normalized spacial score (nSPS) is 16.3. The van der Waals surface area contributed by atoms with E-state index in [4.69, 9.17) is 9.47 Å². The maximum absolute atomic E-state index is 12.1. The van der Waals surface area contributed by atoms with Gasteiger partial charge in [-0.25, -0.2) is 18.4 Å². The summed E-state index contributed by atoms with van der Waals surface area (Å²) in [6.07, 6.45) is 3.62. The van der Waals surface area contributed by atoms with E-state index in [1.807, 2.05) is 25.1 Å². The van der Waals surface area contributed by atoms with Crippen molar-refractivity contribution in [3.8, 4) is 11.5 Å². The summed E-state index contributed by atoms with van der Waals surface area (Å²) in [4.78, 5) is 12.9. The number of nitrogens with one attached hydrogen (secondary N) is 1. The summed E-state index contributed by atoms with van der Waals surface area (Å²) >= 11 is 0. The van der Waals surface area contributed by atoms with E-state index in [1.54, 1.807) is 6.20 Å². The van der Waals surface area contributed by atoms with E-state index in [2.05, 4.69) is 24.5 Å². The van der Waals surface area contributed by atoms with Gasteiger partial charge in [-0.2, -0.15) is 0 Å². The molecule has 150 valence electrons. The first-order valence-electron chi connectivity index (χ1n) is 9.27. The summed E-state index contributed by atoms with van der Waals surface area (Å²) in [5.74, 6) is 2.44. The zero-order valence-electron chi connectivity index (χ0n) is 15.7. The van der Waals surface area contributed by atoms with Crippen LogP contribution in [0.1, 0.15) is 13.3 Å². The summed E-state index contributed by atoms with van der Waals surface area (Å²) in [7, 11) is -3.42. The average Bonchev–Trinajstić information content (AvgIpc) is 3.16. The lowest BCUT2D eigenvalue weighted by atomic mass is 10.2. The predicted molar refractivity (Wildman–Crippen MR) is 107 cm³/mol. The Balaban J connectivity index is 1.45. The first-order valence-corrected chi connectivity index (χ1v) is 10.9. The number of hydrogen-bond acceptors (Lipinski definition) is 8. The Labute approximate surface area is 164 Å². The second kappa shape index (κ2) is 7.70. The fourth-order valence-electron chi connectivity index (χ4n) is 3.36. The number of ether oxygens (including phenoxy) is 2. The number of benzene rings is 1. The number of sulfonamides is 1. The Hall–Kier alpha value is -2.75. The van der Waals surface area contributed by atoms with Crippen molar-refractivity contribution in [1.82, 2.24) is 9.97 Å². The lowest BCUT2D eigenvalue weighted by Gasteiger charge is -2.37. The van der Waals surface area contributed by atoms with Crippen LogP contribution in [0.4, 0.5) is 17.3 Å². The maximum atomic E-state index is 12.1. The van der Waals surface area contributed by atoms with Crippen molar-refractivity contribution < 1.29 is 17.9 Å². The average molecular weight is 405 g/mol.